The van der Waals surface area contributed by atoms with E-state index in [2.05, 4.69) is 31.2 Å². The van der Waals surface area contributed by atoms with E-state index in [1.165, 1.54) is 29.0 Å². The van der Waals surface area contributed by atoms with Crippen LogP contribution in [0.5, 0.6) is 0 Å². The summed E-state index contributed by atoms with van der Waals surface area (Å²) < 4.78 is 0.488. The van der Waals surface area contributed by atoms with Gasteiger partial charge in [0.15, 0.2) is 5.69 Å². The number of thiazole rings is 1. The van der Waals surface area contributed by atoms with Crippen LogP contribution in [-0.4, -0.2) is 32.5 Å². The molecule has 10 heteroatoms. The van der Waals surface area contributed by atoms with Gasteiger partial charge in [-0.1, -0.05) is 0 Å². The number of anilines is 1. The number of nitrogens with one attached hydrogen (secondary N) is 1. The maximum absolute atomic E-state index is 10.7. The third kappa shape index (κ3) is 3.95. The van der Waals surface area contributed by atoms with Gasteiger partial charge in [0.1, 0.15) is 12.0 Å². The summed E-state index contributed by atoms with van der Waals surface area (Å²) in [6.45, 7) is 0.482. The molecule has 0 aliphatic rings. The highest BCUT2D eigenvalue weighted by Crippen LogP contribution is 2.24. The van der Waals surface area contributed by atoms with E-state index < -0.39 is 10.9 Å². The molecule has 0 amide bonds. The molecule has 0 unspecified atom stereocenters. The molecule has 8 nitrogen and oxygen atoms in total. The van der Waals surface area contributed by atoms with Crippen molar-refractivity contribution < 1.29 is 14.8 Å². The first-order valence-corrected chi connectivity index (χ1v) is 7.36. The zero-order valence-electron chi connectivity index (χ0n) is 10.4. The smallest absolute Gasteiger partial charge is 0.355 e. The van der Waals surface area contributed by atoms with E-state index in [-0.39, 0.29) is 11.4 Å². The van der Waals surface area contributed by atoms with Crippen LogP contribution in [0, 0.1) is 10.1 Å². The summed E-state index contributed by atoms with van der Waals surface area (Å²) in [5, 5.41) is 24.5. The molecule has 0 saturated heterocycles. The maximum Gasteiger partial charge on any atom is 0.355 e. The lowest BCUT2D eigenvalue weighted by molar-refractivity contribution is -0.385. The van der Waals surface area contributed by atoms with Crippen molar-refractivity contribution in [2.45, 2.75) is 6.42 Å². The fourth-order valence-corrected chi connectivity index (χ4v) is 2.72. The number of carbonyl (C=O) groups is 1. The molecule has 0 saturated carbocycles. The molecule has 0 fully saturated rings. The molecule has 2 heterocycles. The number of aromatic nitrogens is 2. The predicted octanol–water partition coefficient (Wildman–Crippen LogP) is 2.56. The van der Waals surface area contributed by atoms with Crippen molar-refractivity contribution in [2.75, 3.05) is 11.9 Å². The van der Waals surface area contributed by atoms with Crippen molar-refractivity contribution in [3.8, 4) is 0 Å². The number of carboxylic acid groups (broad SMARTS) is 1. The summed E-state index contributed by atoms with van der Waals surface area (Å²) in [5.41, 5.74) is -0.0666. The Morgan fingerprint density at radius 1 is 1.57 bits per heavy atom. The molecule has 0 radical (unpaired) electrons. The fourth-order valence-electron chi connectivity index (χ4n) is 1.47. The molecule has 0 aromatic carbocycles. The van der Waals surface area contributed by atoms with Crippen LogP contribution < -0.4 is 5.32 Å². The summed E-state index contributed by atoms with van der Waals surface area (Å²) in [5.74, 6) is -0.569. The van der Waals surface area contributed by atoms with Crippen LogP contribution in [0.3, 0.4) is 0 Å². The lowest BCUT2D eigenvalue weighted by atomic mass is 10.4. The Kier molecular flexibility index (Phi) is 4.81. The topological polar surface area (TPSA) is 118 Å². The van der Waals surface area contributed by atoms with Gasteiger partial charge in [0.05, 0.1) is 14.4 Å². The van der Waals surface area contributed by atoms with E-state index in [4.69, 9.17) is 5.11 Å². The second-order valence-corrected chi connectivity index (χ2v) is 5.69. The minimum Gasteiger partial charge on any atom is -0.476 e. The number of pyridine rings is 1. The first-order valence-electron chi connectivity index (χ1n) is 5.69. The zero-order valence-corrected chi connectivity index (χ0v) is 12.8. The van der Waals surface area contributed by atoms with Gasteiger partial charge in [0.25, 0.3) is 5.69 Å². The third-order valence-electron chi connectivity index (χ3n) is 2.44. The minimum absolute atomic E-state index is 0.0321. The van der Waals surface area contributed by atoms with Gasteiger partial charge in [0.2, 0.25) is 0 Å². The standard InChI is InChI=1S/C11H9BrN4O4S/c12-7-3-6(16(19)20)4-14-10(7)13-2-1-9-15-8(5-21-9)11(17)18/h3-5H,1-2H2,(H,13,14)(H,17,18). The van der Waals surface area contributed by atoms with Crippen molar-refractivity contribution >= 4 is 44.7 Å². The SMILES string of the molecule is O=C(O)c1csc(CCNc2ncc([N+](=O)[O-])cc2Br)n1. The summed E-state index contributed by atoms with van der Waals surface area (Å²) in [4.78, 5) is 28.7. The largest absolute Gasteiger partial charge is 0.476 e. The molecular weight excluding hydrogens is 364 g/mol. The monoisotopic (exact) mass is 372 g/mol. The average molecular weight is 373 g/mol. The van der Waals surface area contributed by atoms with Crippen molar-refractivity contribution in [1.82, 2.24) is 9.97 Å². The number of nitrogens with zero attached hydrogens (tertiary/aromatic N) is 3. The number of rotatable bonds is 6. The Labute approximate surface area is 131 Å². The molecule has 0 spiro atoms. The number of halogens is 1. The number of nitro groups is 1. The average Bonchev–Trinajstić information content (AvgIpc) is 2.89. The number of aromatic carboxylic acids is 1. The highest BCUT2D eigenvalue weighted by atomic mass is 79.9. The number of carboxylic acids is 1. The summed E-state index contributed by atoms with van der Waals surface area (Å²) in [6.07, 6.45) is 1.70. The maximum atomic E-state index is 10.7. The molecule has 21 heavy (non-hydrogen) atoms. The lowest BCUT2D eigenvalue weighted by Gasteiger charge is -2.05. The van der Waals surface area contributed by atoms with E-state index >= 15 is 0 Å². The van der Waals surface area contributed by atoms with Gasteiger partial charge in [-0.05, 0) is 15.9 Å². The lowest BCUT2D eigenvalue weighted by Crippen LogP contribution is -2.07. The van der Waals surface area contributed by atoms with E-state index in [1.54, 1.807) is 0 Å². The molecule has 0 aliphatic heterocycles. The molecular formula is C11H9BrN4O4S. The van der Waals surface area contributed by atoms with Crippen molar-refractivity contribution in [1.29, 1.82) is 0 Å². The van der Waals surface area contributed by atoms with Crippen molar-refractivity contribution in [2.24, 2.45) is 0 Å². The van der Waals surface area contributed by atoms with Gasteiger partial charge in [-0.15, -0.1) is 11.3 Å². The van der Waals surface area contributed by atoms with Crippen LogP contribution in [-0.2, 0) is 6.42 Å². The molecule has 2 aromatic rings. The first kappa shape index (κ1) is 15.3. The van der Waals surface area contributed by atoms with Crippen molar-refractivity contribution in [3.05, 3.63) is 42.9 Å². The second-order valence-electron chi connectivity index (χ2n) is 3.89. The fraction of sp³-hybridized carbons (Fsp3) is 0.182. The number of hydrogen-bond acceptors (Lipinski definition) is 7. The highest BCUT2D eigenvalue weighted by molar-refractivity contribution is 9.10. The van der Waals surface area contributed by atoms with Gasteiger partial charge in [0, 0.05) is 24.4 Å². The van der Waals surface area contributed by atoms with E-state index in [9.17, 15) is 14.9 Å². The van der Waals surface area contributed by atoms with Crippen LogP contribution in [0.15, 0.2) is 22.1 Å². The number of hydrogen-bond donors (Lipinski definition) is 2. The second kappa shape index (κ2) is 6.59. The minimum atomic E-state index is -1.05. The van der Waals surface area contributed by atoms with Crippen LogP contribution in [0.1, 0.15) is 15.5 Å². The Morgan fingerprint density at radius 2 is 2.33 bits per heavy atom. The van der Waals surface area contributed by atoms with Crippen LogP contribution in [0.2, 0.25) is 0 Å². The quantitative estimate of drug-likeness (QED) is 0.590. The first-order chi connectivity index (χ1) is 9.97. The van der Waals surface area contributed by atoms with E-state index in [0.717, 1.165) is 0 Å². The molecule has 110 valence electrons. The van der Waals surface area contributed by atoms with Gasteiger partial charge in [-0.2, -0.15) is 0 Å². The van der Waals surface area contributed by atoms with Crippen LogP contribution in [0.25, 0.3) is 0 Å². The Morgan fingerprint density at radius 3 is 2.90 bits per heavy atom. The van der Waals surface area contributed by atoms with Gasteiger partial charge in [-0.3, -0.25) is 10.1 Å². The Bertz CT molecular complexity index is 691. The molecule has 0 aliphatic carbocycles. The summed E-state index contributed by atoms with van der Waals surface area (Å²) in [7, 11) is 0. The van der Waals surface area contributed by atoms with E-state index in [1.807, 2.05) is 0 Å². The molecule has 0 bridgehead atoms. The van der Waals surface area contributed by atoms with Gasteiger partial charge in [-0.25, -0.2) is 14.8 Å². The third-order valence-corrected chi connectivity index (χ3v) is 3.95. The van der Waals surface area contributed by atoms with E-state index in [0.29, 0.717) is 28.3 Å². The summed E-state index contributed by atoms with van der Waals surface area (Å²) >= 11 is 4.48. The molecule has 2 aromatic heterocycles. The zero-order chi connectivity index (χ0) is 15.4. The Hall–Kier alpha value is -2.07. The van der Waals surface area contributed by atoms with Gasteiger partial charge >= 0.3 is 5.97 Å². The van der Waals surface area contributed by atoms with Crippen LogP contribution in [0.4, 0.5) is 11.5 Å². The van der Waals surface area contributed by atoms with Crippen molar-refractivity contribution in [3.63, 3.8) is 0 Å². The molecule has 0 atom stereocenters. The highest BCUT2D eigenvalue weighted by Gasteiger charge is 2.11. The molecule has 2 N–H and O–H groups in total. The summed E-state index contributed by atoms with van der Waals surface area (Å²) in [6, 6.07) is 1.36. The van der Waals surface area contributed by atoms with Crippen LogP contribution >= 0.6 is 27.3 Å². The predicted molar refractivity (Wildman–Crippen MR) is 79.9 cm³/mol. The normalized spacial score (nSPS) is 10.3. The Balaban J connectivity index is 1.93. The van der Waals surface area contributed by atoms with Gasteiger partial charge < -0.3 is 10.4 Å². The molecule has 2 rings (SSSR count).